The van der Waals surface area contributed by atoms with Crippen molar-refractivity contribution < 1.29 is 42.9 Å². The molecule has 9 nitrogen and oxygen atoms in total. The molecule has 414 valence electrons. The summed E-state index contributed by atoms with van der Waals surface area (Å²) in [6, 6.07) is 0. The molecule has 0 aromatic rings. The van der Waals surface area contributed by atoms with E-state index in [1.54, 1.807) is 0 Å². The van der Waals surface area contributed by atoms with Crippen molar-refractivity contribution in [2.24, 2.45) is 0 Å². The Kier molecular flexibility index (Phi) is 50.8. The molecule has 0 rings (SSSR count). The second-order valence-corrected chi connectivity index (χ2v) is 19.9. The van der Waals surface area contributed by atoms with Crippen molar-refractivity contribution in [3.63, 3.8) is 0 Å². The molecule has 0 aliphatic heterocycles. The molecule has 0 aliphatic carbocycles. The number of allylic oxidation sites excluding steroid dienone is 20. The fraction of sp³-hybridized carbons (Fsp3) is 0.641. The van der Waals surface area contributed by atoms with Gasteiger partial charge in [0.2, 0.25) is 0 Å². The van der Waals surface area contributed by atoms with Gasteiger partial charge in [0.05, 0.1) is 34.4 Å². The second-order valence-electron chi connectivity index (χ2n) is 19.9. The second kappa shape index (κ2) is 54.0. The average Bonchev–Trinajstić information content (AvgIpc) is 3.36. The summed E-state index contributed by atoms with van der Waals surface area (Å²) >= 11 is 0. The largest absolute Gasteiger partial charge is 0.477 e. The lowest BCUT2D eigenvalue weighted by molar-refractivity contribution is -0.870. The van der Waals surface area contributed by atoms with E-state index < -0.39 is 24.3 Å². The molecular weight excluding hydrogens is 911 g/mol. The van der Waals surface area contributed by atoms with Gasteiger partial charge >= 0.3 is 17.9 Å². The molecule has 0 aromatic carbocycles. The van der Waals surface area contributed by atoms with Crippen molar-refractivity contribution in [2.45, 2.75) is 219 Å². The van der Waals surface area contributed by atoms with Gasteiger partial charge in [-0.1, -0.05) is 212 Å². The fourth-order valence-electron chi connectivity index (χ4n) is 7.30. The number of carbonyl (C=O) groups is 3. The van der Waals surface area contributed by atoms with Gasteiger partial charge in [0.15, 0.2) is 6.10 Å². The number of unbranched alkanes of at least 4 members (excludes halogenated alkanes) is 16. The first-order chi connectivity index (χ1) is 35.6. The van der Waals surface area contributed by atoms with Crippen LogP contribution >= 0.6 is 0 Å². The SMILES string of the molecule is CC/C=C\C/C=C\C/C=C\C/C=C\C/C=C\C/C=C\C/C=C\C/C=C\CCCCCCCCCCCCC(=O)OC(COC(=O)CCCCCCC/C=C\C/C=C\CCC)COC(OCC[N+](C)(C)C)C(=O)O. The molecule has 2 unspecified atom stereocenters. The Morgan fingerprint density at radius 1 is 0.425 bits per heavy atom. The van der Waals surface area contributed by atoms with Gasteiger partial charge in [-0.2, -0.15) is 0 Å². The first kappa shape index (κ1) is 68.7. The Morgan fingerprint density at radius 3 is 1.16 bits per heavy atom. The lowest BCUT2D eigenvalue weighted by atomic mass is 10.0. The predicted molar refractivity (Wildman–Crippen MR) is 308 cm³/mol. The maximum absolute atomic E-state index is 12.9. The van der Waals surface area contributed by atoms with Crippen molar-refractivity contribution in [3.05, 3.63) is 122 Å². The van der Waals surface area contributed by atoms with Gasteiger partial charge in [-0.25, -0.2) is 4.79 Å². The number of hydrogen-bond acceptors (Lipinski definition) is 7. The summed E-state index contributed by atoms with van der Waals surface area (Å²) < 4.78 is 22.8. The Bertz CT molecular complexity index is 1610. The zero-order valence-electron chi connectivity index (χ0n) is 47.0. The van der Waals surface area contributed by atoms with E-state index in [2.05, 4.69) is 135 Å². The van der Waals surface area contributed by atoms with E-state index in [-0.39, 0.29) is 38.6 Å². The zero-order chi connectivity index (χ0) is 53.4. The van der Waals surface area contributed by atoms with E-state index >= 15 is 0 Å². The third-order valence-corrected chi connectivity index (χ3v) is 11.7. The summed E-state index contributed by atoms with van der Waals surface area (Å²) in [6.45, 7) is 4.65. The molecule has 1 N–H and O–H groups in total. The number of carbonyl (C=O) groups excluding carboxylic acids is 2. The van der Waals surface area contributed by atoms with Crippen LogP contribution in [0.4, 0.5) is 0 Å². The highest BCUT2D eigenvalue weighted by Crippen LogP contribution is 2.14. The minimum Gasteiger partial charge on any atom is -0.477 e. The molecule has 0 amide bonds. The van der Waals surface area contributed by atoms with E-state index in [0.29, 0.717) is 17.4 Å². The van der Waals surface area contributed by atoms with Crippen LogP contribution in [-0.4, -0.2) is 87.4 Å². The Balaban J connectivity index is 4.19. The molecule has 0 heterocycles. The Morgan fingerprint density at radius 2 is 0.781 bits per heavy atom. The van der Waals surface area contributed by atoms with Crippen LogP contribution in [0.1, 0.15) is 206 Å². The van der Waals surface area contributed by atoms with Crippen molar-refractivity contribution >= 4 is 17.9 Å². The van der Waals surface area contributed by atoms with Crippen molar-refractivity contribution in [2.75, 3.05) is 47.5 Å². The molecule has 0 radical (unpaired) electrons. The highest BCUT2D eigenvalue weighted by molar-refractivity contribution is 5.71. The van der Waals surface area contributed by atoms with Crippen LogP contribution in [0.3, 0.4) is 0 Å². The Hall–Kier alpha value is -4.31. The molecule has 73 heavy (non-hydrogen) atoms. The average molecular weight is 1020 g/mol. The van der Waals surface area contributed by atoms with E-state index in [1.807, 2.05) is 21.1 Å². The lowest BCUT2D eigenvalue weighted by Crippen LogP contribution is -2.40. The molecule has 0 fully saturated rings. The van der Waals surface area contributed by atoms with Gasteiger partial charge in [-0.05, 0) is 103 Å². The summed E-state index contributed by atoms with van der Waals surface area (Å²) in [5.74, 6) is -2.04. The standard InChI is InChI=1S/C64H105NO8/c1-6-8-10-12-14-16-18-20-21-22-23-24-25-26-27-28-29-30-31-32-33-34-35-36-37-38-39-40-41-43-45-47-49-51-53-55-62(67)73-60(59-72-64(63(68)69)70-57-56-65(3,4)5)58-71-61(66)54-52-50-48-46-44-42-19-17-15-13-11-9-7-2/h8,10-11,13-14,16-17,19-21,23-24,26-27,29-30,32-33,35-36,60,64H,6-7,9,12,15,18,22,25,28,31,34,37-59H2,1-5H3/p+1/b10-8-,13-11-,16-14-,19-17-,21-20-,24-23-,27-26-,30-29-,33-32-,36-35-. The third kappa shape index (κ3) is 55.3. The molecule has 0 bridgehead atoms. The van der Waals surface area contributed by atoms with Crippen LogP contribution in [-0.2, 0) is 33.3 Å². The monoisotopic (exact) mass is 1020 g/mol. The van der Waals surface area contributed by atoms with Gasteiger partial charge in [0.25, 0.3) is 6.29 Å². The minimum absolute atomic E-state index is 0.179. The zero-order valence-corrected chi connectivity index (χ0v) is 47.0. The number of ether oxygens (including phenoxy) is 4. The van der Waals surface area contributed by atoms with Crippen LogP contribution in [0.15, 0.2) is 122 Å². The molecule has 0 aliphatic rings. The summed E-state index contributed by atoms with van der Waals surface area (Å²) in [7, 11) is 5.95. The highest BCUT2D eigenvalue weighted by Gasteiger charge is 2.25. The number of nitrogens with zero attached hydrogens (tertiary/aromatic N) is 1. The van der Waals surface area contributed by atoms with Crippen molar-refractivity contribution in [3.8, 4) is 0 Å². The molecule has 9 heteroatoms. The first-order valence-electron chi connectivity index (χ1n) is 28.7. The third-order valence-electron chi connectivity index (χ3n) is 11.7. The number of quaternary nitrogens is 1. The summed E-state index contributed by atoms with van der Waals surface area (Å²) in [4.78, 5) is 37.3. The van der Waals surface area contributed by atoms with Gasteiger partial charge in [-0.3, -0.25) is 9.59 Å². The molecule has 2 atom stereocenters. The predicted octanol–water partition coefficient (Wildman–Crippen LogP) is 16.9. The number of hydrogen-bond donors (Lipinski definition) is 1. The smallest absolute Gasteiger partial charge is 0.361 e. The normalized spacial score (nSPS) is 13.7. The molecule has 0 spiro atoms. The highest BCUT2D eigenvalue weighted by atomic mass is 16.7. The van der Waals surface area contributed by atoms with Crippen molar-refractivity contribution in [1.29, 1.82) is 0 Å². The van der Waals surface area contributed by atoms with Gasteiger partial charge in [0, 0.05) is 12.8 Å². The van der Waals surface area contributed by atoms with Crippen molar-refractivity contribution in [1.82, 2.24) is 0 Å². The lowest BCUT2D eigenvalue weighted by Gasteiger charge is -2.25. The number of aliphatic carboxylic acids is 1. The number of likely N-dealkylation sites (N-methyl/N-ethyl adjacent to an activating group) is 1. The van der Waals surface area contributed by atoms with Gasteiger partial charge < -0.3 is 28.5 Å². The number of carboxylic acids is 1. The number of carboxylic acid groups (broad SMARTS) is 1. The fourth-order valence-corrected chi connectivity index (χ4v) is 7.30. The van der Waals surface area contributed by atoms with E-state index in [9.17, 15) is 19.5 Å². The summed E-state index contributed by atoms with van der Waals surface area (Å²) in [6.07, 6.45) is 72.8. The Labute approximate surface area is 447 Å². The number of rotatable bonds is 51. The first-order valence-corrected chi connectivity index (χ1v) is 28.7. The quantitative estimate of drug-likeness (QED) is 0.0211. The van der Waals surface area contributed by atoms with Gasteiger partial charge in [-0.15, -0.1) is 0 Å². The molecule has 0 saturated heterocycles. The van der Waals surface area contributed by atoms with E-state index in [1.165, 1.54) is 44.9 Å². The summed E-state index contributed by atoms with van der Waals surface area (Å²) in [5.41, 5.74) is 0. The van der Waals surface area contributed by atoms with Crippen LogP contribution in [0.25, 0.3) is 0 Å². The van der Waals surface area contributed by atoms with E-state index in [4.69, 9.17) is 18.9 Å². The van der Waals surface area contributed by atoms with Crippen LogP contribution in [0.5, 0.6) is 0 Å². The molecule has 0 saturated carbocycles. The maximum Gasteiger partial charge on any atom is 0.361 e. The topological polar surface area (TPSA) is 108 Å². The summed E-state index contributed by atoms with van der Waals surface area (Å²) in [5, 5.41) is 9.68. The van der Waals surface area contributed by atoms with Gasteiger partial charge in [0.1, 0.15) is 13.2 Å². The van der Waals surface area contributed by atoms with Crippen LogP contribution in [0, 0.1) is 0 Å². The molecule has 0 aromatic heterocycles. The van der Waals surface area contributed by atoms with Crippen LogP contribution < -0.4 is 0 Å². The maximum atomic E-state index is 12.9. The molecular formula is C64H106NO8+. The van der Waals surface area contributed by atoms with E-state index in [0.717, 1.165) is 128 Å². The number of esters is 2. The minimum atomic E-state index is -1.52. The van der Waals surface area contributed by atoms with Crippen LogP contribution in [0.2, 0.25) is 0 Å².